The van der Waals surface area contributed by atoms with Crippen LogP contribution in [0.4, 0.5) is 0 Å². The average molecular weight is 1520 g/mol. The minimum Gasteiger partial charge on any atom is -0.455 e. The molecule has 9 aromatic carbocycles. The van der Waals surface area contributed by atoms with Crippen LogP contribution in [0, 0.1) is 41.5 Å². The number of benzene rings is 9. The second kappa shape index (κ2) is 31.3. The van der Waals surface area contributed by atoms with Crippen LogP contribution in [0.2, 0.25) is 0 Å². The van der Waals surface area contributed by atoms with Gasteiger partial charge in [-0.05, 0) is 175 Å². The number of aromatic nitrogens is 7. The van der Waals surface area contributed by atoms with Crippen LogP contribution < -0.4 is 18.3 Å². The van der Waals surface area contributed by atoms with Gasteiger partial charge in [-0.3, -0.25) is 0 Å². The Labute approximate surface area is 676 Å². The number of pyridine rings is 7. The summed E-state index contributed by atoms with van der Waals surface area (Å²) in [5, 5.41) is 8.79. The Kier molecular flexibility index (Phi) is 20.2. The number of rotatable bonds is 10. The van der Waals surface area contributed by atoms with Gasteiger partial charge in [0.25, 0.3) is 0 Å². The molecule has 20 aromatic rings. The average Bonchev–Trinajstić information content (AvgIpc) is 1.57. The monoisotopic (exact) mass is 1520 g/mol. The summed E-state index contributed by atoms with van der Waals surface area (Å²) >= 11 is 0. The fraction of sp³-hybridized carbons (Fsp3) is 0.152. The molecule has 0 amide bonds. The second-order valence-electron chi connectivity index (χ2n) is 31.4. The first kappa shape index (κ1) is 74.9. The number of fused-ring (bicyclic) bond motifs is 12. The van der Waals surface area contributed by atoms with Crippen molar-refractivity contribution in [3.05, 3.63) is 343 Å². The zero-order chi connectivity index (χ0) is 80.2. The van der Waals surface area contributed by atoms with Gasteiger partial charge in [0.15, 0.2) is 41.5 Å². The van der Waals surface area contributed by atoms with Gasteiger partial charge in [0.05, 0.1) is 27.8 Å². The number of para-hydroxylation sites is 1. The highest BCUT2D eigenvalue weighted by Gasteiger charge is 2.28. The lowest BCUT2D eigenvalue weighted by atomic mass is 9.94. The highest BCUT2D eigenvalue weighted by atomic mass is 16.3. The zero-order valence-corrected chi connectivity index (χ0v) is 68.2. The van der Waals surface area contributed by atoms with Crippen LogP contribution >= 0.6 is 0 Å². The van der Waals surface area contributed by atoms with Gasteiger partial charge in [0.1, 0.15) is 39.4 Å². The van der Waals surface area contributed by atoms with Crippen LogP contribution in [0.1, 0.15) is 84.0 Å². The molecule has 0 N–H and O–H groups in total. The normalized spacial score (nSPS) is 11.5. The number of furan rings is 4. The molecule has 11 aromatic heterocycles. The molecule has 0 saturated carbocycles. The molecule has 0 atom stereocenters. The fourth-order valence-electron chi connectivity index (χ4n) is 16.2. The summed E-state index contributed by atoms with van der Waals surface area (Å²) in [6.45, 7) is 21.7. The first-order valence-corrected chi connectivity index (χ1v) is 39.9. The van der Waals surface area contributed by atoms with Crippen molar-refractivity contribution < 1.29 is 35.9 Å². The molecular weight excluding hydrogens is 1420 g/mol. The van der Waals surface area contributed by atoms with E-state index in [4.69, 9.17) is 17.7 Å². The minimum absolute atomic E-state index is 0.538. The molecule has 11 nitrogen and oxygen atoms in total. The van der Waals surface area contributed by atoms with Crippen LogP contribution in [0.25, 0.3) is 178 Å². The first-order valence-electron chi connectivity index (χ1n) is 39.9. The summed E-state index contributed by atoms with van der Waals surface area (Å²) in [6.07, 6.45) is 13.9. The van der Waals surface area contributed by atoms with Gasteiger partial charge in [-0.25, -0.2) is 33.2 Å². The van der Waals surface area contributed by atoms with E-state index in [-0.39, 0.29) is 0 Å². The maximum atomic E-state index is 6.35. The Morgan fingerprint density at radius 2 is 0.655 bits per heavy atom. The van der Waals surface area contributed by atoms with Gasteiger partial charge in [-0.2, -0.15) is 0 Å². The van der Waals surface area contributed by atoms with Crippen molar-refractivity contribution in [1.82, 2.24) is 15.0 Å². The van der Waals surface area contributed by atoms with E-state index in [1.54, 1.807) is 18.6 Å². The molecule has 0 aliphatic rings. The van der Waals surface area contributed by atoms with Gasteiger partial charge in [0, 0.05) is 104 Å². The zero-order valence-electron chi connectivity index (χ0n) is 68.2. The van der Waals surface area contributed by atoms with E-state index in [0.717, 1.165) is 116 Å². The lowest BCUT2D eigenvalue weighted by molar-refractivity contribution is -0.660. The molecule has 0 spiro atoms. The van der Waals surface area contributed by atoms with E-state index < -0.39 is 0 Å². The lowest BCUT2D eigenvalue weighted by Crippen LogP contribution is -2.31. The Balaban J connectivity index is 0.000000111. The maximum Gasteiger partial charge on any atom is 0.227 e. The first-order chi connectivity index (χ1) is 56.3. The number of aryl methyl sites for hydroxylation is 10. The highest BCUT2D eigenvalue weighted by molar-refractivity contribution is 6.13. The predicted octanol–water partition coefficient (Wildman–Crippen LogP) is 25.3. The van der Waals surface area contributed by atoms with E-state index in [9.17, 15) is 0 Å². The van der Waals surface area contributed by atoms with Crippen LogP contribution in [0.15, 0.2) is 316 Å². The summed E-state index contributed by atoms with van der Waals surface area (Å²) in [4.78, 5) is 13.2. The van der Waals surface area contributed by atoms with E-state index >= 15 is 0 Å². The standard InChI is InChI=1S/C28H26NO.C27H25N2O.2C25H21N2O/c1-18(2)20-10-12-21(13-11-20)22-15-16-29(4)25(17-22)27-19(3)9-14-24-23-7-5-6-8-26(23)30-28(24)27;1-17(2)19-8-10-20(11-9-19)21-12-14-24(29(4)16-21)25-18(3)7-13-22-23-6-5-15-28-27(23)30-26(22)25;1-16-8-11-18(12-9-16)19-7-5-15-27(3)23(19)22-17(2)10-13-20-21-6-4-14-26-25(21)28-24(20)22;1-16-6-9-18(10-7-16)19-12-14-27(3)22(15-19)23-17(2)8-11-20-21-5-4-13-26-25(21)28-24(20)23/h5-18H,1-4H3;5-17H,1-4H3;2*4-15H,1-3H3/q4*+1. The molecular formula is C105H93N7O4+4. The van der Waals surface area contributed by atoms with Crippen molar-refractivity contribution in [2.45, 2.75) is 81.1 Å². The Morgan fingerprint density at radius 3 is 1.11 bits per heavy atom. The fourth-order valence-corrected chi connectivity index (χ4v) is 16.2. The van der Waals surface area contributed by atoms with Gasteiger partial charge in [-0.15, -0.1) is 0 Å². The maximum absolute atomic E-state index is 6.35. The number of hydrogen-bond acceptors (Lipinski definition) is 7. The third kappa shape index (κ3) is 14.2. The lowest BCUT2D eigenvalue weighted by Gasteiger charge is -2.11. The van der Waals surface area contributed by atoms with Gasteiger partial charge in [0.2, 0.25) is 39.9 Å². The molecule has 116 heavy (non-hydrogen) atoms. The molecule has 0 fully saturated rings. The molecule has 568 valence electrons. The van der Waals surface area contributed by atoms with Crippen LogP contribution in [-0.2, 0) is 28.2 Å². The van der Waals surface area contributed by atoms with Gasteiger partial charge in [-0.1, -0.05) is 203 Å². The minimum atomic E-state index is 0.538. The molecule has 20 rings (SSSR count). The van der Waals surface area contributed by atoms with Crippen LogP contribution in [-0.4, -0.2) is 15.0 Å². The van der Waals surface area contributed by atoms with E-state index in [1.165, 1.54) is 89.0 Å². The summed E-state index contributed by atoms with van der Waals surface area (Å²) < 4.78 is 33.7. The van der Waals surface area contributed by atoms with E-state index in [2.05, 4.69) is 380 Å². The van der Waals surface area contributed by atoms with Gasteiger partial charge >= 0.3 is 0 Å². The molecule has 11 heteroatoms. The van der Waals surface area contributed by atoms with Crippen molar-refractivity contribution in [3.63, 3.8) is 0 Å². The molecule has 0 radical (unpaired) electrons. The van der Waals surface area contributed by atoms with Crippen molar-refractivity contribution in [2.24, 2.45) is 28.2 Å². The third-order valence-corrected chi connectivity index (χ3v) is 22.8. The van der Waals surface area contributed by atoms with E-state index in [0.29, 0.717) is 29.0 Å². The SMILES string of the molecule is Cc1ccc(-c2cc[n+](C)c(-c3c(C)ccc4c3oc3ncccc34)c2)cc1.Cc1ccc(-c2ccc[n+](C)c2-c2c(C)ccc3c2oc2ncccc23)cc1.Cc1ccc2c(oc3ccccc32)c1-c1cc(-c2ccc(C(C)C)cc2)cc[n+]1C.Cc1ccc2c(oc3ncccc32)c1-c1ccc(-c2ccc(C(C)C)cc2)c[n+]1C. The summed E-state index contributed by atoms with van der Waals surface area (Å²) in [5.41, 5.74) is 35.4. The largest absolute Gasteiger partial charge is 0.455 e. The Hall–Kier alpha value is -13.8. The topological polar surface area (TPSA) is 107 Å². The molecule has 0 unspecified atom stereocenters. The van der Waals surface area contributed by atoms with Crippen molar-refractivity contribution in [3.8, 4) is 89.5 Å². The Bertz CT molecular complexity index is 7120. The summed E-state index contributed by atoms with van der Waals surface area (Å²) in [6, 6.07) is 90.2. The summed E-state index contributed by atoms with van der Waals surface area (Å²) in [7, 11) is 8.36. The molecule has 0 aliphatic carbocycles. The second-order valence-corrected chi connectivity index (χ2v) is 31.4. The third-order valence-electron chi connectivity index (χ3n) is 22.8. The predicted molar refractivity (Wildman–Crippen MR) is 473 cm³/mol. The number of nitrogens with zero attached hydrogens (tertiary/aromatic N) is 7. The van der Waals surface area contributed by atoms with Crippen molar-refractivity contribution in [2.75, 3.05) is 0 Å². The van der Waals surface area contributed by atoms with Crippen LogP contribution in [0.5, 0.6) is 0 Å². The number of hydrogen-bond donors (Lipinski definition) is 0. The quantitative estimate of drug-likeness (QED) is 0.126. The smallest absolute Gasteiger partial charge is 0.227 e. The summed E-state index contributed by atoms with van der Waals surface area (Å²) in [5.74, 6) is 1.08. The highest BCUT2D eigenvalue weighted by Crippen LogP contribution is 2.44. The molecule has 0 bridgehead atoms. The van der Waals surface area contributed by atoms with E-state index in [1.807, 2.05) is 30.3 Å². The van der Waals surface area contributed by atoms with Crippen molar-refractivity contribution in [1.29, 1.82) is 0 Å². The van der Waals surface area contributed by atoms with Crippen LogP contribution in [0.3, 0.4) is 0 Å². The van der Waals surface area contributed by atoms with Crippen molar-refractivity contribution >= 4 is 88.1 Å². The Morgan fingerprint density at radius 1 is 0.276 bits per heavy atom. The van der Waals surface area contributed by atoms with Gasteiger partial charge < -0.3 is 17.7 Å². The molecule has 11 heterocycles. The molecule has 0 aliphatic heterocycles. The molecule has 0 saturated heterocycles.